The van der Waals surface area contributed by atoms with Crippen LogP contribution in [0.4, 0.5) is 16.2 Å². The third kappa shape index (κ3) is 10.1. The van der Waals surface area contributed by atoms with Crippen LogP contribution in [-0.4, -0.2) is 110 Å². The van der Waals surface area contributed by atoms with E-state index >= 15 is 0 Å². The molecule has 2 saturated heterocycles. The van der Waals surface area contributed by atoms with Crippen molar-refractivity contribution in [3.05, 3.63) is 82.5 Å². The van der Waals surface area contributed by atoms with Crippen molar-refractivity contribution >= 4 is 39.9 Å². The molecule has 3 aromatic rings. The number of fused-ring (bicyclic) bond motifs is 13. The molecule has 7 atom stereocenters. The molecule has 5 N–H and O–H groups in total. The quantitative estimate of drug-likeness (QED) is 0.156. The Morgan fingerprint density at radius 2 is 1.71 bits per heavy atom. The zero-order valence-corrected chi connectivity index (χ0v) is 42.1. The van der Waals surface area contributed by atoms with E-state index in [1.807, 2.05) is 52.0 Å². The van der Waals surface area contributed by atoms with Gasteiger partial charge >= 0.3 is 11.9 Å². The van der Waals surface area contributed by atoms with Crippen LogP contribution in [0.25, 0.3) is 10.8 Å². The molecule has 0 saturated carbocycles. The van der Waals surface area contributed by atoms with Gasteiger partial charge in [0.15, 0.2) is 11.4 Å². The van der Waals surface area contributed by atoms with Crippen LogP contribution in [-0.2, 0) is 14.3 Å². The minimum atomic E-state index is -1.89. The lowest BCUT2D eigenvalue weighted by Crippen LogP contribution is -2.47. The summed E-state index contributed by atoms with van der Waals surface area (Å²) < 4.78 is 18.9. The maximum absolute atomic E-state index is 14.8. The number of hydrogen-bond donors (Lipinski definition) is 5. The Kier molecular flexibility index (Phi) is 14.7. The molecular weight excluding hydrogens is 891 g/mol. The molecule has 376 valence electrons. The van der Waals surface area contributed by atoms with Crippen molar-refractivity contribution in [3.63, 3.8) is 0 Å². The minimum Gasteiger partial charge on any atom is -0.507 e. The number of carbonyl (C=O) groups is 3. The molecule has 7 heterocycles. The van der Waals surface area contributed by atoms with E-state index in [0.717, 1.165) is 38.2 Å². The number of phenolic OH excluding ortho intramolecular Hbond substituents is 2. The minimum absolute atomic E-state index is 0.00459. The molecule has 6 aliphatic rings. The number of nitrogens with one attached hydrogen (secondary N) is 2. The van der Waals surface area contributed by atoms with Crippen molar-refractivity contribution in [2.45, 2.75) is 131 Å². The highest BCUT2D eigenvalue weighted by molar-refractivity contribution is 6.19. The highest BCUT2D eigenvalue weighted by atomic mass is 16.7. The molecule has 1 aromatic heterocycles. The van der Waals surface area contributed by atoms with E-state index in [4.69, 9.17) is 24.2 Å². The van der Waals surface area contributed by atoms with Crippen LogP contribution in [0.2, 0.25) is 0 Å². The van der Waals surface area contributed by atoms with Crippen LogP contribution < -0.4 is 26.1 Å². The van der Waals surface area contributed by atoms with Crippen LogP contribution in [0.15, 0.2) is 70.7 Å². The third-order valence-corrected chi connectivity index (χ3v) is 14.9. The second kappa shape index (κ2) is 20.4. The van der Waals surface area contributed by atoms with Gasteiger partial charge in [0.1, 0.15) is 28.6 Å². The van der Waals surface area contributed by atoms with Gasteiger partial charge in [-0.25, -0.2) is 4.79 Å². The third-order valence-electron chi connectivity index (χ3n) is 14.9. The van der Waals surface area contributed by atoms with Gasteiger partial charge in [0.05, 0.1) is 34.4 Å². The Morgan fingerprint density at radius 3 is 2.40 bits per heavy atom. The molecule has 0 radical (unpaired) electrons. The number of likely N-dealkylation sites (tertiary alicyclic amines) is 2. The summed E-state index contributed by atoms with van der Waals surface area (Å²) in [7, 11) is 0. The summed E-state index contributed by atoms with van der Waals surface area (Å²) in [6.45, 7) is 20.4. The zero-order valence-electron chi connectivity index (χ0n) is 42.1. The van der Waals surface area contributed by atoms with Gasteiger partial charge in [0, 0.05) is 93.4 Å². The molecule has 6 aliphatic heterocycles. The standard InChI is InChI=1S/C54H71N7O9/c1-30(2)29-60-24-19-54(20-25-60)58-42-39-40-46(63)36(8)49-41(39)50(65)53(9,70-49)68-26-12-15-32(4)48(69-52(67)61-22-17-37(18-23-61)56-38-16-11-21-55-28-38)35(7)45(62)34(6)27-31(3)13-10-14-33(5)51(66)57-44(47(40)64)43(42)59-54/h10-14,16,21,26,28,30-32,34-35,37,45,48,56,62-64H,15,17-20,22-25,27,29H2,1-9H3,(H,57,66)/b13-10+,26-12+,33-14-/t31?,32-,34-,35-,45?,48?,53+/m1/s1. The number of ether oxygens (including phenoxy) is 3. The number of anilines is 2. The number of aliphatic hydroxyl groups is 1. The first kappa shape index (κ1) is 50.4. The zero-order chi connectivity index (χ0) is 50.2. The van der Waals surface area contributed by atoms with Crippen molar-refractivity contribution in [1.29, 1.82) is 0 Å². The monoisotopic (exact) mass is 962 g/mol. The summed E-state index contributed by atoms with van der Waals surface area (Å²) in [6, 6.07) is 4.03. The van der Waals surface area contributed by atoms with Crippen molar-refractivity contribution in [3.8, 4) is 17.2 Å². The summed E-state index contributed by atoms with van der Waals surface area (Å²) in [5.74, 6) is -4.11. The van der Waals surface area contributed by atoms with Crippen LogP contribution >= 0.6 is 0 Å². The Bertz CT molecular complexity index is 2710. The molecule has 1 spiro atoms. The van der Waals surface area contributed by atoms with Gasteiger partial charge < -0.3 is 50.0 Å². The Balaban J connectivity index is 1.13. The normalized spacial score (nSPS) is 29.4. The number of phenols is 2. The van der Waals surface area contributed by atoms with Gasteiger partial charge in [-0.1, -0.05) is 59.8 Å². The Morgan fingerprint density at radius 1 is 1.00 bits per heavy atom. The molecule has 5 bridgehead atoms. The number of rotatable bonds is 5. The lowest BCUT2D eigenvalue weighted by atomic mass is 9.80. The Hall–Kier alpha value is -6.00. The maximum atomic E-state index is 14.8. The number of carbonyl (C=O) groups excluding carboxylic acids is 3. The van der Waals surface area contributed by atoms with Gasteiger partial charge in [-0.3, -0.25) is 24.6 Å². The number of pyridine rings is 1. The number of aliphatic hydroxyl groups excluding tert-OH is 1. The number of allylic oxidation sites excluding steroid dienone is 4. The van der Waals surface area contributed by atoms with Gasteiger partial charge in [0.25, 0.3) is 11.7 Å². The van der Waals surface area contributed by atoms with Gasteiger partial charge in [-0.15, -0.1) is 0 Å². The van der Waals surface area contributed by atoms with Crippen molar-refractivity contribution in [2.24, 2.45) is 39.6 Å². The maximum Gasteiger partial charge on any atom is 0.410 e. The fourth-order valence-corrected chi connectivity index (χ4v) is 10.9. The van der Waals surface area contributed by atoms with E-state index in [9.17, 15) is 29.7 Å². The fourth-order valence-electron chi connectivity index (χ4n) is 10.9. The van der Waals surface area contributed by atoms with E-state index in [1.165, 1.54) is 13.2 Å². The van der Waals surface area contributed by atoms with E-state index < -0.39 is 53.1 Å². The van der Waals surface area contributed by atoms with Crippen molar-refractivity contribution in [1.82, 2.24) is 14.8 Å². The molecule has 70 heavy (non-hydrogen) atoms. The number of benzene rings is 2. The first-order valence-electron chi connectivity index (χ1n) is 25.1. The lowest BCUT2D eigenvalue weighted by molar-refractivity contribution is -0.112. The van der Waals surface area contributed by atoms with Crippen LogP contribution in [0.1, 0.15) is 110 Å². The Labute approximate surface area is 410 Å². The predicted octanol–water partition coefficient (Wildman–Crippen LogP) is 7.70. The number of aromatic hydroxyl groups is 2. The topological polar surface area (TPSA) is 208 Å². The molecule has 2 aromatic carbocycles. The van der Waals surface area contributed by atoms with E-state index in [-0.39, 0.29) is 73.6 Å². The fraction of sp³-hybridized carbons (Fsp3) is 0.556. The first-order chi connectivity index (χ1) is 33.3. The molecule has 2 amide bonds. The molecule has 9 rings (SSSR count). The largest absolute Gasteiger partial charge is 0.507 e. The van der Waals surface area contributed by atoms with Gasteiger partial charge in [0.2, 0.25) is 0 Å². The molecule has 16 nitrogen and oxygen atoms in total. The van der Waals surface area contributed by atoms with E-state index in [0.29, 0.717) is 50.3 Å². The second-order valence-electron chi connectivity index (χ2n) is 21.1. The van der Waals surface area contributed by atoms with E-state index in [1.54, 1.807) is 43.3 Å². The lowest BCUT2D eigenvalue weighted by Gasteiger charge is -2.37. The first-order valence-corrected chi connectivity index (χ1v) is 25.1. The molecular formula is C54H71N7O9. The van der Waals surface area contributed by atoms with Crippen LogP contribution in [0.3, 0.4) is 0 Å². The number of ketones is 1. The second-order valence-corrected chi connectivity index (χ2v) is 21.1. The highest BCUT2D eigenvalue weighted by Gasteiger charge is 2.50. The van der Waals surface area contributed by atoms with Gasteiger partial charge in [-0.05, 0) is 81.4 Å². The average Bonchev–Trinajstić information content (AvgIpc) is 3.83. The predicted molar refractivity (Wildman–Crippen MR) is 267 cm³/mol. The molecule has 0 aliphatic carbocycles. The summed E-state index contributed by atoms with van der Waals surface area (Å²) in [4.78, 5) is 61.5. The summed E-state index contributed by atoms with van der Waals surface area (Å²) in [6.07, 6.45) is 13.7. The number of hydrogen-bond acceptors (Lipinski definition) is 14. The molecule has 16 heteroatoms. The highest BCUT2D eigenvalue weighted by Crippen LogP contribution is 2.50. The van der Waals surface area contributed by atoms with Crippen molar-refractivity contribution < 1.29 is 43.9 Å². The summed E-state index contributed by atoms with van der Waals surface area (Å²) in [5.41, 5.74) is 0.613. The number of aromatic nitrogens is 1. The number of piperidine rings is 2. The van der Waals surface area contributed by atoms with Crippen LogP contribution in [0.5, 0.6) is 17.2 Å². The van der Waals surface area contributed by atoms with Crippen molar-refractivity contribution in [2.75, 3.05) is 43.4 Å². The number of amides is 2. The molecule has 3 unspecified atom stereocenters. The SMILES string of the molecule is C/C1=C/C=C/C(C)C[C@@H](C)C(O)[C@@H](C)C(OC(=O)N2CCC(Nc3cccnc3)CC2)[C@H](C)C/C=C/O[C@@]2(C)Oc3c(C)c(O)c4c(O)c(c5c(c4c3C2=O)=NC2(CCN(CC(C)C)CC2)N=5)NC1=O. The number of nitrogens with zero attached hydrogens (tertiary/aromatic N) is 5. The average molecular weight is 962 g/mol. The van der Waals surface area contributed by atoms with Crippen LogP contribution in [0, 0.1) is 36.5 Å². The van der Waals surface area contributed by atoms with E-state index in [2.05, 4.69) is 34.4 Å². The summed E-state index contributed by atoms with van der Waals surface area (Å²) >= 11 is 0. The number of Topliss-reactive ketones (excluding diaryl/α,β-unsaturated/α-hetero) is 1. The summed E-state index contributed by atoms with van der Waals surface area (Å²) in [5, 5.41) is 43.0. The van der Waals surface area contributed by atoms with Gasteiger partial charge in [-0.2, -0.15) is 0 Å². The molecule has 2 fully saturated rings. The smallest absolute Gasteiger partial charge is 0.410 e.